The van der Waals surface area contributed by atoms with Gasteiger partial charge in [-0.2, -0.15) is 13.2 Å². The molecule has 1 heterocycles. The Bertz CT molecular complexity index is 802. The number of hydrogen-bond donors (Lipinski definition) is 2. The maximum atomic E-state index is 12.8. The quantitative estimate of drug-likeness (QED) is 0.557. The lowest BCUT2D eigenvalue weighted by molar-refractivity contribution is -0.137. The van der Waals surface area contributed by atoms with E-state index in [0.717, 1.165) is 24.3 Å². The highest BCUT2D eigenvalue weighted by molar-refractivity contribution is 5.79. The molecule has 8 heteroatoms. The van der Waals surface area contributed by atoms with Crippen LogP contribution in [0.25, 0.3) is 0 Å². The minimum Gasteiger partial charge on any atom is -0.477 e. The number of ether oxygens (including phenoxy) is 1. The monoisotopic (exact) mass is 392 g/mol. The number of aromatic nitrogens is 1. The van der Waals surface area contributed by atoms with Gasteiger partial charge in [0.2, 0.25) is 5.88 Å². The molecule has 1 aliphatic carbocycles. The van der Waals surface area contributed by atoms with Crippen LogP contribution in [0.3, 0.4) is 0 Å². The number of aliphatic imine (C=N–C) groups is 1. The topological polar surface area (TPSA) is 58.5 Å². The maximum Gasteiger partial charge on any atom is 0.416 e. The predicted molar refractivity (Wildman–Crippen MR) is 101 cm³/mol. The van der Waals surface area contributed by atoms with Crippen molar-refractivity contribution >= 4 is 5.96 Å². The Morgan fingerprint density at radius 3 is 2.50 bits per heavy atom. The number of alkyl halides is 3. The SMILES string of the molecule is CN=C(NCc1ccc(OCC2CC2)nc1)NCc1cccc(C(F)(F)F)c1. The number of hydrogen-bond acceptors (Lipinski definition) is 3. The fourth-order valence-corrected chi connectivity index (χ4v) is 2.54. The van der Waals surface area contributed by atoms with Gasteiger partial charge >= 0.3 is 6.18 Å². The van der Waals surface area contributed by atoms with Gasteiger partial charge in [0.25, 0.3) is 0 Å². The van der Waals surface area contributed by atoms with Crippen LogP contribution in [0.5, 0.6) is 5.88 Å². The Hall–Kier alpha value is -2.77. The van der Waals surface area contributed by atoms with Crippen LogP contribution in [0.15, 0.2) is 47.6 Å². The Morgan fingerprint density at radius 1 is 1.14 bits per heavy atom. The fourth-order valence-electron chi connectivity index (χ4n) is 2.54. The van der Waals surface area contributed by atoms with Crippen LogP contribution >= 0.6 is 0 Å². The van der Waals surface area contributed by atoms with Crippen molar-refractivity contribution in [2.45, 2.75) is 32.1 Å². The minimum atomic E-state index is -4.35. The molecule has 0 radical (unpaired) electrons. The summed E-state index contributed by atoms with van der Waals surface area (Å²) in [4.78, 5) is 8.37. The standard InChI is InChI=1S/C20H23F3N4O/c1-24-19(26-10-15-3-2-4-17(9-15)20(21,22)23)27-12-16-7-8-18(25-11-16)28-13-14-5-6-14/h2-4,7-9,11,14H,5-6,10,12-13H2,1H3,(H2,24,26,27). The van der Waals surface area contributed by atoms with E-state index in [1.54, 1.807) is 19.3 Å². The molecule has 3 rings (SSSR count). The summed E-state index contributed by atoms with van der Waals surface area (Å²) < 4.78 is 44.0. The van der Waals surface area contributed by atoms with Gasteiger partial charge in [-0.05, 0) is 42.0 Å². The van der Waals surface area contributed by atoms with E-state index in [1.165, 1.54) is 18.9 Å². The molecular formula is C20H23F3N4O. The van der Waals surface area contributed by atoms with E-state index in [1.807, 2.05) is 12.1 Å². The van der Waals surface area contributed by atoms with Crippen LogP contribution in [0, 0.1) is 5.92 Å². The Labute approximate surface area is 162 Å². The summed E-state index contributed by atoms with van der Waals surface area (Å²) in [5.41, 5.74) is 0.808. The molecule has 1 saturated carbocycles. The van der Waals surface area contributed by atoms with Crippen molar-refractivity contribution in [3.8, 4) is 5.88 Å². The van der Waals surface area contributed by atoms with Crippen molar-refractivity contribution in [3.05, 3.63) is 59.3 Å². The van der Waals surface area contributed by atoms with Gasteiger partial charge in [0, 0.05) is 32.4 Å². The second kappa shape index (κ2) is 8.95. The normalized spacial score (nSPS) is 14.6. The molecule has 0 aliphatic heterocycles. The summed E-state index contributed by atoms with van der Waals surface area (Å²) in [6, 6.07) is 8.97. The number of guanidine groups is 1. The molecule has 5 nitrogen and oxygen atoms in total. The third-order valence-corrected chi connectivity index (χ3v) is 4.36. The van der Waals surface area contributed by atoms with E-state index in [0.29, 0.717) is 29.9 Å². The lowest BCUT2D eigenvalue weighted by Gasteiger charge is -2.13. The molecule has 28 heavy (non-hydrogen) atoms. The molecule has 0 saturated heterocycles. The molecule has 0 amide bonds. The van der Waals surface area contributed by atoms with E-state index >= 15 is 0 Å². The van der Waals surface area contributed by atoms with Crippen LogP contribution in [0.4, 0.5) is 13.2 Å². The van der Waals surface area contributed by atoms with E-state index in [2.05, 4.69) is 20.6 Å². The van der Waals surface area contributed by atoms with E-state index < -0.39 is 11.7 Å². The van der Waals surface area contributed by atoms with Gasteiger partial charge in [0.1, 0.15) is 0 Å². The lowest BCUT2D eigenvalue weighted by atomic mass is 10.1. The molecule has 2 aromatic rings. The summed E-state index contributed by atoms with van der Waals surface area (Å²) in [6.45, 7) is 1.44. The molecule has 2 N–H and O–H groups in total. The van der Waals surface area contributed by atoms with Gasteiger partial charge in [-0.15, -0.1) is 0 Å². The van der Waals surface area contributed by atoms with Crippen LogP contribution in [-0.2, 0) is 19.3 Å². The molecule has 150 valence electrons. The molecule has 0 unspecified atom stereocenters. The van der Waals surface area contributed by atoms with Gasteiger partial charge in [-0.3, -0.25) is 4.99 Å². The van der Waals surface area contributed by atoms with Crippen molar-refractivity contribution in [2.24, 2.45) is 10.9 Å². The van der Waals surface area contributed by atoms with Crippen molar-refractivity contribution in [1.82, 2.24) is 15.6 Å². The number of halogens is 3. The number of rotatable bonds is 7. The number of pyridine rings is 1. The van der Waals surface area contributed by atoms with Gasteiger partial charge in [-0.25, -0.2) is 4.98 Å². The van der Waals surface area contributed by atoms with Gasteiger partial charge in [0.15, 0.2) is 5.96 Å². The molecule has 1 fully saturated rings. The van der Waals surface area contributed by atoms with Crippen molar-refractivity contribution in [1.29, 1.82) is 0 Å². The molecule has 1 aromatic heterocycles. The molecule has 1 aliphatic rings. The zero-order valence-corrected chi connectivity index (χ0v) is 15.6. The number of nitrogens with zero attached hydrogens (tertiary/aromatic N) is 2. The van der Waals surface area contributed by atoms with Crippen LogP contribution < -0.4 is 15.4 Å². The molecule has 0 atom stereocenters. The average molecular weight is 392 g/mol. The Morgan fingerprint density at radius 2 is 1.89 bits per heavy atom. The van der Waals surface area contributed by atoms with Gasteiger partial charge in [-0.1, -0.05) is 18.2 Å². The smallest absolute Gasteiger partial charge is 0.416 e. The number of benzene rings is 1. The molecule has 0 bridgehead atoms. The molecule has 1 aromatic carbocycles. The fraction of sp³-hybridized carbons (Fsp3) is 0.400. The highest BCUT2D eigenvalue weighted by Crippen LogP contribution is 2.30. The third kappa shape index (κ3) is 6.14. The summed E-state index contributed by atoms with van der Waals surface area (Å²) in [5, 5.41) is 6.13. The minimum absolute atomic E-state index is 0.232. The summed E-state index contributed by atoms with van der Waals surface area (Å²) in [6.07, 6.45) is -0.157. The van der Waals surface area contributed by atoms with Crippen molar-refractivity contribution < 1.29 is 17.9 Å². The second-order valence-electron chi connectivity index (χ2n) is 6.74. The van der Waals surface area contributed by atoms with Crippen molar-refractivity contribution in [2.75, 3.05) is 13.7 Å². The highest BCUT2D eigenvalue weighted by Gasteiger charge is 2.30. The van der Waals surface area contributed by atoms with Crippen molar-refractivity contribution in [3.63, 3.8) is 0 Å². The lowest BCUT2D eigenvalue weighted by Crippen LogP contribution is -2.36. The maximum absolute atomic E-state index is 12.8. The first-order chi connectivity index (χ1) is 13.4. The second-order valence-corrected chi connectivity index (χ2v) is 6.74. The van der Waals surface area contributed by atoms with Gasteiger partial charge in [0.05, 0.1) is 12.2 Å². The average Bonchev–Trinajstić information content (AvgIpc) is 3.51. The first-order valence-electron chi connectivity index (χ1n) is 9.12. The number of nitrogens with one attached hydrogen (secondary N) is 2. The highest BCUT2D eigenvalue weighted by atomic mass is 19.4. The largest absolute Gasteiger partial charge is 0.477 e. The molecular weight excluding hydrogens is 369 g/mol. The van der Waals surface area contributed by atoms with E-state index in [4.69, 9.17) is 4.74 Å². The van der Waals surface area contributed by atoms with Crippen LogP contribution in [0.1, 0.15) is 29.5 Å². The Kier molecular flexibility index (Phi) is 6.38. The molecule has 0 spiro atoms. The summed E-state index contributed by atoms with van der Waals surface area (Å²) in [7, 11) is 1.61. The van der Waals surface area contributed by atoms with E-state index in [9.17, 15) is 13.2 Å². The van der Waals surface area contributed by atoms with Crippen LogP contribution in [-0.4, -0.2) is 24.6 Å². The summed E-state index contributed by atoms with van der Waals surface area (Å²) in [5.74, 6) is 1.78. The third-order valence-electron chi connectivity index (χ3n) is 4.36. The van der Waals surface area contributed by atoms with Crippen LogP contribution in [0.2, 0.25) is 0 Å². The van der Waals surface area contributed by atoms with E-state index in [-0.39, 0.29) is 6.54 Å². The predicted octanol–water partition coefficient (Wildman–Crippen LogP) is 3.75. The van der Waals surface area contributed by atoms with Gasteiger partial charge < -0.3 is 15.4 Å². The summed E-state index contributed by atoms with van der Waals surface area (Å²) >= 11 is 0. The zero-order valence-electron chi connectivity index (χ0n) is 15.6. The zero-order chi connectivity index (χ0) is 20.0. The first kappa shape index (κ1) is 20.0. The Balaban J connectivity index is 1.46. The first-order valence-corrected chi connectivity index (χ1v) is 9.12.